The standard InChI is InChI=1S/C19H21ClN2O3/c1-22(2)17-11-12(5-7-16(17)21)19(23)15(20)10-13-9-14(24-3)6-8-18(13)25-4/h5-11H,21H2,1-4H3/b15-10+. The van der Waals surface area contributed by atoms with Crippen LogP contribution in [0.15, 0.2) is 41.4 Å². The minimum atomic E-state index is -0.297. The maximum absolute atomic E-state index is 12.7. The van der Waals surface area contributed by atoms with Crippen molar-refractivity contribution in [3.05, 3.63) is 52.6 Å². The van der Waals surface area contributed by atoms with Crippen molar-refractivity contribution < 1.29 is 14.3 Å². The molecule has 0 atom stereocenters. The van der Waals surface area contributed by atoms with Gasteiger partial charge in [-0.3, -0.25) is 4.79 Å². The summed E-state index contributed by atoms with van der Waals surface area (Å²) in [7, 11) is 6.84. The van der Waals surface area contributed by atoms with E-state index in [4.69, 9.17) is 26.8 Å². The molecule has 0 aliphatic heterocycles. The predicted octanol–water partition coefficient (Wildman–Crippen LogP) is 3.81. The van der Waals surface area contributed by atoms with Gasteiger partial charge in [-0.2, -0.15) is 0 Å². The number of halogens is 1. The van der Waals surface area contributed by atoms with E-state index in [9.17, 15) is 4.79 Å². The fourth-order valence-corrected chi connectivity index (χ4v) is 2.59. The number of ether oxygens (including phenoxy) is 2. The Morgan fingerprint density at radius 1 is 1.12 bits per heavy atom. The van der Waals surface area contributed by atoms with E-state index in [1.807, 2.05) is 19.0 Å². The lowest BCUT2D eigenvalue weighted by molar-refractivity contribution is 0.104. The molecule has 5 nitrogen and oxygen atoms in total. The summed E-state index contributed by atoms with van der Waals surface area (Å²) in [6.07, 6.45) is 1.57. The Balaban J connectivity index is 2.40. The van der Waals surface area contributed by atoms with Crippen LogP contribution in [-0.4, -0.2) is 34.1 Å². The van der Waals surface area contributed by atoms with Gasteiger partial charge in [0.25, 0.3) is 0 Å². The summed E-state index contributed by atoms with van der Waals surface area (Å²) in [4.78, 5) is 14.5. The van der Waals surface area contributed by atoms with Crippen LogP contribution in [-0.2, 0) is 0 Å². The van der Waals surface area contributed by atoms with Gasteiger partial charge in [0.05, 0.1) is 30.6 Å². The Morgan fingerprint density at radius 2 is 1.84 bits per heavy atom. The monoisotopic (exact) mass is 360 g/mol. The lowest BCUT2D eigenvalue weighted by atomic mass is 10.1. The first-order valence-corrected chi connectivity index (χ1v) is 7.96. The van der Waals surface area contributed by atoms with Gasteiger partial charge in [-0.25, -0.2) is 0 Å². The number of rotatable bonds is 6. The molecule has 0 heterocycles. The van der Waals surface area contributed by atoms with Crippen LogP contribution >= 0.6 is 11.6 Å². The lowest BCUT2D eigenvalue weighted by Gasteiger charge is -2.16. The first-order chi connectivity index (χ1) is 11.9. The van der Waals surface area contributed by atoms with Gasteiger partial charge in [-0.1, -0.05) is 11.6 Å². The van der Waals surface area contributed by atoms with E-state index in [-0.39, 0.29) is 10.8 Å². The normalized spacial score (nSPS) is 11.2. The third-order valence-corrected chi connectivity index (χ3v) is 3.99. The second-order valence-electron chi connectivity index (χ2n) is 5.60. The molecule has 0 saturated heterocycles. The van der Waals surface area contributed by atoms with Gasteiger partial charge < -0.3 is 20.1 Å². The lowest BCUT2D eigenvalue weighted by Crippen LogP contribution is -2.12. The summed E-state index contributed by atoms with van der Waals surface area (Å²) < 4.78 is 10.5. The summed E-state index contributed by atoms with van der Waals surface area (Å²) in [5.74, 6) is 0.944. The summed E-state index contributed by atoms with van der Waals surface area (Å²) in [5, 5.41) is 0.0704. The number of nitrogen functional groups attached to an aromatic ring is 1. The highest BCUT2D eigenvalue weighted by molar-refractivity contribution is 6.47. The van der Waals surface area contributed by atoms with Gasteiger partial charge in [0.2, 0.25) is 5.78 Å². The number of nitrogens with zero attached hydrogens (tertiary/aromatic N) is 1. The molecule has 2 aromatic carbocycles. The van der Waals surface area contributed by atoms with Crippen molar-refractivity contribution in [1.82, 2.24) is 0 Å². The number of ketones is 1. The highest BCUT2D eigenvalue weighted by Crippen LogP contribution is 2.29. The largest absolute Gasteiger partial charge is 0.497 e. The van der Waals surface area contributed by atoms with Gasteiger partial charge in [-0.05, 0) is 42.5 Å². The summed E-state index contributed by atoms with van der Waals surface area (Å²) in [5.41, 5.74) is 8.40. The van der Waals surface area contributed by atoms with E-state index in [0.29, 0.717) is 28.3 Å². The van der Waals surface area contributed by atoms with Gasteiger partial charge in [-0.15, -0.1) is 0 Å². The Morgan fingerprint density at radius 3 is 2.44 bits per heavy atom. The molecule has 0 aliphatic carbocycles. The quantitative estimate of drug-likeness (QED) is 0.482. The highest BCUT2D eigenvalue weighted by atomic mass is 35.5. The van der Waals surface area contributed by atoms with Crippen LogP contribution in [0.2, 0.25) is 0 Å². The topological polar surface area (TPSA) is 64.8 Å². The molecule has 0 aromatic heterocycles. The summed E-state index contributed by atoms with van der Waals surface area (Å²) in [6.45, 7) is 0. The fourth-order valence-electron chi connectivity index (χ4n) is 2.36. The van der Waals surface area contributed by atoms with Crippen molar-refractivity contribution in [2.75, 3.05) is 38.9 Å². The third kappa shape index (κ3) is 4.25. The van der Waals surface area contributed by atoms with E-state index in [0.717, 1.165) is 5.69 Å². The van der Waals surface area contributed by atoms with Crippen molar-refractivity contribution in [3.8, 4) is 11.5 Å². The number of anilines is 2. The number of methoxy groups -OCH3 is 2. The zero-order valence-corrected chi connectivity index (χ0v) is 15.4. The van der Waals surface area contributed by atoms with Gasteiger partial charge in [0, 0.05) is 25.2 Å². The van der Waals surface area contributed by atoms with Crippen LogP contribution in [0.4, 0.5) is 11.4 Å². The number of hydrogen-bond acceptors (Lipinski definition) is 5. The molecule has 132 valence electrons. The summed E-state index contributed by atoms with van der Waals surface area (Å²) >= 11 is 6.27. The van der Waals surface area contributed by atoms with E-state index < -0.39 is 0 Å². The molecule has 0 amide bonds. The molecule has 2 N–H and O–H groups in total. The van der Waals surface area contributed by atoms with Gasteiger partial charge in [0.1, 0.15) is 11.5 Å². The second-order valence-corrected chi connectivity index (χ2v) is 6.00. The molecule has 0 saturated carbocycles. The van der Waals surface area contributed by atoms with Crippen molar-refractivity contribution in [2.24, 2.45) is 0 Å². The zero-order valence-electron chi connectivity index (χ0n) is 14.7. The number of hydrogen-bond donors (Lipinski definition) is 1. The fraction of sp³-hybridized carbons (Fsp3) is 0.211. The molecule has 0 unspecified atom stereocenters. The van der Waals surface area contributed by atoms with Crippen molar-refractivity contribution in [3.63, 3.8) is 0 Å². The molecule has 0 spiro atoms. The Hall–Kier alpha value is -2.66. The van der Waals surface area contributed by atoms with E-state index in [1.54, 1.807) is 56.7 Å². The first-order valence-electron chi connectivity index (χ1n) is 7.58. The molecular weight excluding hydrogens is 340 g/mol. The van der Waals surface area contributed by atoms with Crippen molar-refractivity contribution in [2.45, 2.75) is 0 Å². The SMILES string of the molecule is COc1ccc(OC)c(/C=C(/Cl)C(=O)c2ccc(N)c(N(C)C)c2)c1. The van der Waals surface area contributed by atoms with Crippen LogP contribution in [0.3, 0.4) is 0 Å². The molecule has 0 aliphatic rings. The van der Waals surface area contributed by atoms with Gasteiger partial charge in [0.15, 0.2) is 0 Å². The van der Waals surface area contributed by atoms with Crippen LogP contribution in [0.5, 0.6) is 11.5 Å². The van der Waals surface area contributed by atoms with Crippen LogP contribution in [0, 0.1) is 0 Å². The minimum absolute atomic E-state index is 0.0704. The van der Waals surface area contributed by atoms with Crippen LogP contribution < -0.4 is 20.1 Å². The number of Topliss-reactive ketones (excluding diaryl/α,β-unsaturated/α-hetero) is 1. The zero-order chi connectivity index (χ0) is 18.6. The molecule has 25 heavy (non-hydrogen) atoms. The molecule has 0 bridgehead atoms. The number of benzene rings is 2. The maximum Gasteiger partial charge on any atom is 0.204 e. The van der Waals surface area contributed by atoms with Crippen LogP contribution in [0.25, 0.3) is 6.08 Å². The Kier molecular flexibility index (Phi) is 5.93. The van der Waals surface area contributed by atoms with E-state index >= 15 is 0 Å². The predicted molar refractivity (Wildman–Crippen MR) is 103 cm³/mol. The molecule has 6 heteroatoms. The second kappa shape index (κ2) is 7.94. The van der Waals surface area contributed by atoms with Crippen molar-refractivity contribution in [1.29, 1.82) is 0 Å². The molecule has 2 rings (SSSR count). The van der Waals surface area contributed by atoms with E-state index in [1.165, 1.54) is 0 Å². The number of allylic oxidation sites excluding steroid dienone is 1. The number of carbonyl (C=O) groups excluding carboxylic acids is 1. The Labute approximate surface area is 152 Å². The van der Waals surface area contributed by atoms with Crippen LogP contribution in [0.1, 0.15) is 15.9 Å². The third-order valence-electron chi connectivity index (χ3n) is 3.71. The number of carbonyl (C=O) groups is 1. The first kappa shape index (κ1) is 18.7. The molecule has 0 fully saturated rings. The van der Waals surface area contributed by atoms with E-state index in [2.05, 4.69) is 0 Å². The Bertz CT molecular complexity index is 816. The smallest absolute Gasteiger partial charge is 0.204 e. The minimum Gasteiger partial charge on any atom is -0.497 e. The molecular formula is C19H21ClN2O3. The maximum atomic E-state index is 12.7. The average molecular weight is 361 g/mol. The average Bonchev–Trinajstić information content (AvgIpc) is 2.61. The van der Waals surface area contributed by atoms with Gasteiger partial charge >= 0.3 is 0 Å². The highest BCUT2D eigenvalue weighted by Gasteiger charge is 2.14. The van der Waals surface area contributed by atoms with Crippen molar-refractivity contribution >= 4 is 34.8 Å². The number of nitrogens with two attached hydrogens (primary N) is 1. The summed E-state index contributed by atoms with van der Waals surface area (Å²) in [6, 6.07) is 10.4. The molecule has 0 radical (unpaired) electrons. The molecule has 2 aromatic rings.